The second-order valence-corrected chi connectivity index (χ2v) is 8.68. The highest BCUT2D eigenvalue weighted by atomic mass is 16.6. The average molecular weight is 436 g/mol. The number of fused-ring (bicyclic) bond motifs is 1. The lowest BCUT2D eigenvalue weighted by Gasteiger charge is -2.40. The van der Waals surface area contributed by atoms with Crippen LogP contribution in [-0.4, -0.2) is 43.1 Å². The summed E-state index contributed by atoms with van der Waals surface area (Å²) in [4.78, 5) is 42.3. The molecule has 2 aromatic carbocycles. The van der Waals surface area contributed by atoms with E-state index in [-0.39, 0.29) is 24.0 Å². The Balaban J connectivity index is 1.71. The van der Waals surface area contributed by atoms with Gasteiger partial charge in [0.25, 0.3) is 0 Å². The molecule has 2 heterocycles. The van der Waals surface area contributed by atoms with Crippen molar-refractivity contribution in [3.05, 3.63) is 42.5 Å². The minimum Gasteiger partial charge on any atom is -0.446 e. The minimum atomic E-state index is -0.420. The molecular formula is C25H29N3O4. The first-order valence-corrected chi connectivity index (χ1v) is 11.1. The van der Waals surface area contributed by atoms with Gasteiger partial charge < -0.3 is 14.5 Å². The Morgan fingerprint density at radius 3 is 2.31 bits per heavy atom. The zero-order valence-electron chi connectivity index (χ0n) is 19.0. The summed E-state index contributed by atoms with van der Waals surface area (Å²) in [6.45, 7) is 8.20. The van der Waals surface area contributed by atoms with E-state index in [4.69, 9.17) is 4.74 Å². The van der Waals surface area contributed by atoms with Crippen LogP contribution in [0.15, 0.2) is 42.5 Å². The first kappa shape index (κ1) is 21.9. The van der Waals surface area contributed by atoms with Gasteiger partial charge in [-0.1, -0.05) is 18.2 Å². The van der Waals surface area contributed by atoms with E-state index in [0.29, 0.717) is 24.3 Å². The number of ether oxygens (including phenoxy) is 1. The van der Waals surface area contributed by atoms with E-state index in [2.05, 4.69) is 0 Å². The molecule has 0 N–H and O–H groups in total. The smallest absolute Gasteiger partial charge is 0.414 e. The van der Waals surface area contributed by atoms with Gasteiger partial charge in [-0.05, 0) is 62.6 Å². The van der Waals surface area contributed by atoms with E-state index in [1.807, 2.05) is 68.1 Å². The number of carbonyl (C=O) groups is 3. The zero-order chi connectivity index (χ0) is 23.0. The fraction of sp³-hybridized carbons (Fsp3) is 0.400. The van der Waals surface area contributed by atoms with E-state index < -0.39 is 6.09 Å². The third kappa shape index (κ3) is 4.07. The van der Waals surface area contributed by atoms with E-state index in [1.165, 1.54) is 6.92 Å². The van der Waals surface area contributed by atoms with Crippen molar-refractivity contribution in [2.45, 2.75) is 52.7 Å². The molecule has 1 saturated heterocycles. The number of anilines is 3. The molecule has 4 rings (SSSR count). The van der Waals surface area contributed by atoms with Crippen molar-refractivity contribution in [2.24, 2.45) is 0 Å². The van der Waals surface area contributed by atoms with Gasteiger partial charge in [-0.25, -0.2) is 4.79 Å². The second kappa shape index (κ2) is 8.65. The van der Waals surface area contributed by atoms with Gasteiger partial charge in [0.05, 0.1) is 23.5 Å². The van der Waals surface area contributed by atoms with Gasteiger partial charge in [0.15, 0.2) is 0 Å². The van der Waals surface area contributed by atoms with Gasteiger partial charge in [-0.2, -0.15) is 0 Å². The van der Waals surface area contributed by atoms with Crippen molar-refractivity contribution in [2.75, 3.05) is 27.8 Å². The first-order chi connectivity index (χ1) is 15.3. The van der Waals surface area contributed by atoms with Crippen LogP contribution in [0.2, 0.25) is 0 Å². The lowest BCUT2D eigenvalue weighted by molar-refractivity contribution is -0.117. The van der Waals surface area contributed by atoms with Gasteiger partial charge in [0.2, 0.25) is 11.8 Å². The predicted octanol–water partition coefficient (Wildman–Crippen LogP) is 4.59. The van der Waals surface area contributed by atoms with Crippen molar-refractivity contribution in [1.29, 1.82) is 0 Å². The van der Waals surface area contributed by atoms with Gasteiger partial charge >= 0.3 is 6.09 Å². The van der Waals surface area contributed by atoms with Crippen molar-refractivity contribution >= 4 is 35.0 Å². The molecule has 168 valence electrons. The van der Waals surface area contributed by atoms with E-state index in [1.54, 1.807) is 9.80 Å². The van der Waals surface area contributed by atoms with Crippen LogP contribution in [0.1, 0.15) is 40.5 Å². The monoisotopic (exact) mass is 435 g/mol. The van der Waals surface area contributed by atoms with Crippen LogP contribution in [0.4, 0.5) is 21.9 Å². The van der Waals surface area contributed by atoms with Crippen LogP contribution in [-0.2, 0) is 14.3 Å². The van der Waals surface area contributed by atoms with E-state index in [0.717, 1.165) is 29.8 Å². The predicted molar refractivity (Wildman–Crippen MR) is 125 cm³/mol. The number of hydrogen-bond acceptors (Lipinski definition) is 4. The zero-order valence-corrected chi connectivity index (χ0v) is 19.0. The Morgan fingerprint density at radius 2 is 1.72 bits per heavy atom. The highest BCUT2D eigenvalue weighted by molar-refractivity contribution is 6.03. The number of rotatable bonds is 3. The summed E-state index contributed by atoms with van der Waals surface area (Å²) in [5, 5.41) is 0. The highest BCUT2D eigenvalue weighted by Gasteiger charge is 2.34. The van der Waals surface area contributed by atoms with Crippen LogP contribution in [0, 0.1) is 0 Å². The normalized spacial score (nSPS) is 18.2. The minimum absolute atomic E-state index is 0.0667. The molecule has 7 heteroatoms. The molecule has 7 nitrogen and oxygen atoms in total. The molecule has 1 atom stereocenters. The molecule has 2 aromatic rings. The first-order valence-electron chi connectivity index (χ1n) is 11.1. The Morgan fingerprint density at radius 1 is 1.03 bits per heavy atom. The maximum Gasteiger partial charge on any atom is 0.414 e. The molecule has 2 aliphatic rings. The Hall–Kier alpha value is -3.35. The fourth-order valence-corrected chi connectivity index (χ4v) is 4.48. The Labute approximate surface area is 188 Å². The van der Waals surface area contributed by atoms with Gasteiger partial charge in [-0.15, -0.1) is 0 Å². The molecule has 2 aliphatic heterocycles. The quantitative estimate of drug-likeness (QED) is 0.707. The van der Waals surface area contributed by atoms with Crippen LogP contribution in [0.3, 0.4) is 0 Å². The molecule has 32 heavy (non-hydrogen) atoms. The molecule has 0 radical (unpaired) electrons. The molecule has 1 fully saturated rings. The molecule has 0 bridgehead atoms. The molecule has 0 spiro atoms. The average Bonchev–Trinajstić information content (AvgIpc) is 3.18. The molecule has 0 saturated carbocycles. The van der Waals surface area contributed by atoms with Crippen LogP contribution < -0.4 is 14.7 Å². The summed E-state index contributed by atoms with van der Waals surface area (Å²) in [5.74, 6) is 0.0901. The van der Waals surface area contributed by atoms with Crippen molar-refractivity contribution < 1.29 is 19.1 Å². The summed E-state index contributed by atoms with van der Waals surface area (Å²) in [7, 11) is 0. The van der Waals surface area contributed by atoms with Crippen LogP contribution in [0.5, 0.6) is 0 Å². The lowest BCUT2D eigenvalue weighted by atomic mass is 10.0. The van der Waals surface area contributed by atoms with Crippen LogP contribution in [0.25, 0.3) is 11.1 Å². The maximum atomic E-state index is 12.8. The molecule has 0 unspecified atom stereocenters. The fourth-order valence-electron chi connectivity index (χ4n) is 4.48. The molecule has 3 amide bonds. The largest absolute Gasteiger partial charge is 0.446 e. The van der Waals surface area contributed by atoms with Crippen molar-refractivity contribution in [3.63, 3.8) is 0 Å². The number of amides is 3. The van der Waals surface area contributed by atoms with Crippen LogP contribution >= 0.6 is 0 Å². The van der Waals surface area contributed by atoms with Gasteiger partial charge in [0, 0.05) is 32.1 Å². The standard InChI is InChI=1S/C25H29N3O4/c1-16(2)32-25(31)27-15-17(3)28(18(4)29)22-12-9-20(14-23(22)27)19-7-10-21(11-8-19)26-13-5-6-24(26)30/h7-12,14,16-17H,5-6,13,15H2,1-4H3/t17-/m0/s1. The third-order valence-electron chi connectivity index (χ3n) is 5.90. The second-order valence-electron chi connectivity index (χ2n) is 8.68. The SMILES string of the molecule is CC(=O)N1c2ccc(-c3ccc(N4CCCC4=O)cc3)cc2N(C(=O)OC(C)C)C[C@@H]1C. The summed E-state index contributed by atoms with van der Waals surface area (Å²) in [5.41, 5.74) is 4.13. The highest BCUT2D eigenvalue weighted by Crippen LogP contribution is 2.39. The van der Waals surface area contributed by atoms with Crippen molar-refractivity contribution in [3.8, 4) is 11.1 Å². The third-order valence-corrected chi connectivity index (χ3v) is 5.90. The van der Waals surface area contributed by atoms with E-state index >= 15 is 0 Å². The van der Waals surface area contributed by atoms with E-state index in [9.17, 15) is 14.4 Å². The number of carbonyl (C=O) groups excluding carboxylic acids is 3. The number of hydrogen-bond donors (Lipinski definition) is 0. The Bertz CT molecular complexity index is 1050. The Kier molecular flexibility index (Phi) is 5.91. The summed E-state index contributed by atoms with van der Waals surface area (Å²) in [6.07, 6.45) is 0.825. The summed E-state index contributed by atoms with van der Waals surface area (Å²) < 4.78 is 5.47. The van der Waals surface area contributed by atoms with Gasteiger partial charge in [0.1, 0.15) is 0 Å². The summed E-state index contributed by atoms with van der Waals surface area (Å²) >= 11 is 0. The maximum absolute atomic E-state index is 12.8. The number of nitrogens with zero attached hydrogens (tertiary/aromatic N) is 3. The lowest BCUT2D eigenvalue weighted by Crippen LogP contribution is -2.51. The van der Waals surface area contributed by atoms with Crippen molar-refractivity contribution in [1.82, 2.24) is 0 Å². The topological polar surface area (TPSA) is 70.2 Å². The summed E-state index contributed by atoms with van der Waals surface area (Å²) in [6, 6.07) is 13.5. The molecular weight excluding hydrogens is 406 g/mol. The number of benzene rings is 2. The molecule has 0 aromatic heterocycles. The van der Waals surface area contributed by atoms with Gasteiger partial charge in [-0.3, -0.25) is 14.5 Å². The molecule has 0 aliphatic carbocycles.